The van der Waals surface area contributed by atoms with Crippen LogP contribution in [0.4, 0.5) is 0 Å². The van der Waals surface area contributed by atoms with Crippen molar-refractivity contribution in [2.24, 2.45) is 0 Å². The molecule has 0 atom stereocenters. The predicted molar refractivity (Wildman–Crippen MR) is 113 cm³/mol. The first-order chi connectivity index (χ1) is 10.1. The molecule has 0 rings (SSSR count). The minimum absolute atomic E-state index is 0. The fourth-order valence-corrected chi connectivity index (χ4v) is 1.06. The summed E-state index contributed by atoms with van der Waals surface area (Å²) in [5.74, 6) is 0. The molecular formula is C20H53NO3. The van der Waals surface area contributed by atoms with Gasteiger partial charge in [-0.05, 0) is 33.5 Å². The highest BCUT2D eigenvalue weighted by molar-refractivity contribution is 4.34. The molecule has 0 aromatic carbocycles. The van der Waals surface area contributed by atoms with Crippen molar-refractivity contribution in [3.8, 4) is 0 Å². The third-order valence-corrected chi connectivity index (χ3v) is 2.32. The van der Waals surface area contributed by atoms with Gasteiger partial charge in [-0.15, -0.1) is 0 Å². The summed E-state index contributed by atoms with van der Waals surface area (Å²) in [7, 11) is 5.84. The number of hydrogen-bond donors (Lipinski definition) is 0. The second kappa shape index (κ2) is 43.4. The van der Waals surface area contributed by atoms with E-state index in [2.05, 4.69) is 46.7 Å². The van der Waals surface area contributed by atoms with E-state index in [0.29, 0.717) is 26.4 Å². The van der Waals surface area contributed by atoms with E-state index in [1.165, 1.54) is 25.8 Å². The number of methoxy groups -OCH3 is 1. The van der Waals surface area contributed by atoms with Gasteiger partial charge in [-0.2, -0.15) is 0 Å². The van der Waals surface area contributed by atoms with Crippen LogP contribution in [0.1, 0.15) is 75.7 Å². The van der Waals surface area contributed by atoms with Gasteiger partial charge in [-0.25, -0.2) is 0 Å². The van der Waals surface area contributed by atoms with Crippen LogP contribution in [0.3, 0.4) is 0 Å². The molecular weight excluding hydrogens is 302 g/mol. The van der Waals surface area contributed by atoms with Crippen molar-refractivity contribution in [2.45, 2.75) is 75.7 Å². The molecule has 0 aliphatic carbocycles. The normalized spacial score (nSPS) is 8.50. The minimum atomic E-state index is 0. The summed E-state index contributed by atoms with van der Waals surface area (Å²) < 4.78 is 15.2. The average Bonchev–Trinajstić information content (AvgIpc) is 2.47. The first-order valence-corrected chi connectivity index (χ1v) is 8.39. The van der Waals surface area contributed by atoms with E-state index in [-0.39, 0.29) is 22.3 Å². The Morgan fingerprint density at radius 2 is 1.00 bits per heavy atom. The highest BCUT2D eigenvalue weighted by Crippen LogP contribution is 1.81. The Morgan fingerprint density at radius 1 is 0.583 bits per heavy atom. The molecule has 0 aromatic rings. The van der Waals surface area contributed by atoms with Crippen LogP contribution in [0.2, 0.25) is 0 Å². The zero-order valence-electron chi connectivity index (χ0n) is 15.7. The van der Waals surface area contributed by atoms with Gasteiger partial charge in [0, 0.05) is 13.7 Å². The fraction of sp³-hybridized carbons (Fsp3) is 1.00. The standard InChI is InChI=1S/C8H18O3.C5H13N.C4H10.3CH4/c1-3-4-10-7-8-11-6-5-9-2;1-4-5-6(2)3;1-3-4-2;;;/h3-8H2,1-2H3;4-5H2,1-3H3;3-4H2,1-2H3;3*1H4. The third-order valence-electron chi connectivity index (χ3n) is 2.32. The lowest BCUT2D eigenvalue weighted by Gasteiger charge is -2.03. The van der Waals surface area contributed by atoms with E-state index in [1.54, 1.807) is 7.11 Å². The number of ether oxygens (including phenoxy) is 3. The van der Waals surface area contributed by atoms with E-state index < -0.39 is 0 Å². The van der Waals surface area contributed by atoms with Gasteiger partial charge in [0.1, 0.15) is 0 Å². The van der Waals surface area contributed by atoms with E-state index in [0.717, 1.165) is 13.0 Å². The molecule has 0 saturated carbocycles. The SMILES string of the molecule is C.C.C.CCCC.CCCN(C)C.CCCOCCOCCOC. The maximum atomic E-state index is 5.20. The van der Waals surface area contributed by atoms with Crippen LogP contribution in [0.15, 0.2) is 0 Å². The van der Waals surface area contributed by atoms with Crippen LogP contribution >= 0.6 is 0 Å². The Hall–Kier alpha value is -0.160. The van der Waals surface area contributed by atoms with Gasteiger partial charge in [0.15, 0.2) is 0 Å². The van der Waals surface area contributed by atoms with Crippen molar-refractivity contribution < 1.29 is 14.2 Å². The molecule has 0 aliphatic heterocycles. The molecule has 0 unspecified atom stereocenters. The Labute approximate surface area is 156 Å². The Bertz CT molecular complexity index is 135. The topological polar surface area (TPSA) is 30.9 Å². The quantitative estimate of drug-likeness (QED) is 0.442. The predicted octanol–water partition coefficient (Wildman–Crippen LogP) is 5.75. The number of nitrogens with zero attached hydrogens (tertiary/aromatic N) is 1. The van der Waals surface area contributed by atoms with Crippen molar-refractivity contribution in [1.82, 2.24) is 4.90 Å². The molecule has 4 nitrogen and oxygen atoms in total. The van der Waals surface area contributed by atoms with Crippen LogP contribution in [-0.2, 0) is 14.2 Å². The van der Waals surface area contributed by atoms with Crippen LogP contribution in [-0.4, -0.2) is 65.7 Å². The molecule has 0 bridgehead atoms. The smallest absolute Gasteiger partial charge is 0.0701 e. The molecule has 24 heavy (non-hydrogen) atoms. The summed E-state index contributed by atoms with van der Waals surface area (Å²) in [6, 6.07) is 0. The zero-order chi connectivity index (χ0) is 16.8. The summed E-state index contributed by atoms with van der Waals surface area (Å²) in [6.07, 6.45) is 4.96. The molecule has 0 saturated heterocycles. The van der Waals surface area contributed by atoms with Gasteiger partial charge < -0.3 is 19.1 Å². The van der Waals surface area contributed by atoms with E-state index in [4.69, 9.17) is 14.2 Å². The first-order valence-electron chi connectivity index (χ1n) is 8.39. The van der Waals surface area contributed by atoms with Gasteiger partial charge in [-0.3, -0.25) is 0 Å². The lowest BCUT2D eigenvalue weighted by molar-refractivity contribution is 0.0250. The molecule has 0 spiro atoms. The van der Waals surface area contributed by atoms with Gasteiger partial charge in [-0.1, -0.05) is 62.8 Å². The maximum absolute atomic E-state index is 5.20. The zero-order valence-corrected chi connectivity index (χ0v) is 15.7. The molecule has 0 aliphatic rings. The van der Waals surface area contributed by atoms with Gasteiger partial charge >= 0.3 is 0 Å². The average molecular weight is 356 g/mol. The van der Waals surface area contributed by atoms with Crippen LogP contribution in [0.5, 0.6) is 0 Å². The first kappa shape index (κ1) is 39.1. The maximum Gasteiger partial charge on any atom is 0.0701 e. The summed E-state index contributed by atoms with van der Waals surface area (Å²) >= 11 is 0. The fourth-order valence-electron chi connectivity index (χ4n) is 1.06. The molecule has 0 amide bonds. The highest BCUT2D eigenvalue weighted by atomic mass is 16.5. The monoisotopic (exact) mass is 355 g/mol. The van der Waals surface area contributed by atoms with Crippen LogP contribution < -0.4 is 0 Å². The summed E-state index contributed by atoms with van der Waals surface area (Å²) in [6.45, 7) is 13.3. The van der Waals surface area contributed by atoms with Crippen molar-refractivity contribution >= 4 is 0 Å². The molecule has 0 N–H and O–H groups in total. The third kappa shape index (κ3) is 67.7. The Kier molecular flexibility index (Phi) is 70.7. The van der Waals surface area contributed by atoms with Crippen molar-refractivity contribution in [3.05, 3.63) is 0 Å². The second-order valence-electron chi connectivity index (χ2n) is 5.02. The van der Waals surface area contributed by atoms with Crippen LogP contribution in [0, 0.1) is 0 Å². The summed E-state index contributed by atoms with van der Waals surface area (Å²) in [5.41, 5.74) is 0. The van der Waals surface area contributed by atoms with Gasteiger partial charge in [0.05, 0.1) is 26.4 Å². The summed E-state index contributed by atoms with van der Waals surface area (Å²) in [4.78, 5) is 2.18. The molecule has 0 radical (unpaired) electrons. The lowest BCUT2D eigenvalue weighted by Crippen LogP contribution is -2.11. The Morgan fingerprint density at radius 3 is 1.25 bits per heavy atom. The van der Waals surface area contributed by atoms with Crippen molar-refractivity contribution in [2.75, 3.05) is 60.8 Å². The van der Waals surface area contributed by atoms with Gasteiger partial charge in [0.2, 0.25) is 0 Å². The highest BCUT2D eigenvalue weighted by Gasteiger charge is 1.87. The summed E-state index contributed by atoms with van der Waals surface area (Å²) in [5, 5.41) is 0. The minimum Gasteiger partial charge on any atom is -0.382 e. The van der Waals surface area contributed by atoms with Crippen molar-refractivity contribution in [1.29, 1.82) is 0 Å². The lowest BCUT2D eigenvalue weighted by atomic mass is 10.4. The molecule has 156 valence electrons. The van der Waals surface area contributed by atoms with Crippen LogP contribution in [0.25, 0.3) is 0 Å². The Balaban J connectivity index is -0.0000000539. The van der Waals surface area contributed by atoms with Gasteiger partial charge in [0.25, 0.3) is 0 Å². The second-order valence-corrected chi connectivity index (χ2v) is 5.02. The molecule has 0 aromatic heterocycles. The largest absolute Gasteiger partial charge is 0.382 e. The number of rotatable bonds is 11. The molecule has 0 fully saturated rings. The van der Waals surface area contributed by atoms with Crippen molar-refractivity contribution in [3.63, 3.8) is 0 Å². The number of hydrogen-bond acceptors (Lipinski definition) is 4. The van der Waals surface area contributed by atoms with E-state index in [9.17, 15) is 0 Å². The molecule has 4 heteroatoms. The molecule has 0 heterocycles. The van der Waals surface area contributed by atoms with E-state index >= 15 is 0 Å². The number of unbranched alkanes of at least 4 members (excludes halogenated alkanes) is 1. The van der Waals surface area contributed by atoms with E-state index in [1.807, 2.05) is 0 Å².